The lowest BCUT2D eigenvalue weighted by Gasteiger charge is -2.08. The zero-order chi connectivity index (χ0) is 17.0. The predicted molar refractivity (Wildman–Crippen MR) is 76.5 cm³/mol. The lowest BCUT2D eigenvalue weighted by atomic mass is 10.1. The van der Waals surface area contributed by atoms with Crippen LogP contribution in [0.5, 0.6) is 0 Å². The van der Waals surface area contributed by atoms with Gasteiger partial charge >= 0.3 is 0 Å². The van der Waals surface area contributed by atoms with Crippen LogP contribution in [0.1, 0.15) is 21.5 Å². The van der Waals surface area contributed by atoms with Gasteiger partial charge in [0.1, 0.15) is 11.6 Å². The fourth-order valence-corrected chi connectivity index (χ4v) is 1.94. The zero-order valence-corrected chi connectivity index (χ0v) is 11.8. The van der Waals surface area contributed by atoms with Crippen LogP contribution in [0.3, 0.4) is 0 Å². The molecule has 0 aliphatic rings. The molecule has 1 amide bonds. The van der Waals surface area contributed by atoms with Crippen molar-refractivity contribution in [3.63, 3.8) is 0 Å². The first-order valence-corrected chi connectivity index (χ1v) is 6.52. The first-order valence-electron chi connectivity index (χ1n) is 6.52. The maximum Gasteiger partial charge on any atom is 0.272 e. The van der Waals surface area contributed by atoms with Gasteiger partial charge in [-0.25, -0.2) is 8.78 Å². The van der Waals surface area contributed by atoms with Crippen LogP contribution in [-0.2, 0) is 13.2 Å². The summed E-state index contributed by atoms with van der Waals surface area (Å²) in [6, 6.07) is 6.66. The Morgan fingerprint density at radius 1 is 1.17 bits per heavy atom. The molecule has 8 heteroatoms. The Balaban J connectivity index is 2.09. The van der Waals surface area contributed by atoms with Gasteiger partial charge in [-0.15, -0.1) is 0 Å². The lowest BCUT2D eigenvalue weighted by Crippen LogP contribution is -2.24. The Morgan fingerprint density at radius 2 is 1.91 bits per heavy atom. The highest BCUT2D eigenvalue weighted by Gasteiger charge is 2.16. The molecule has 0 radical (unpaired) electrons. The van der Waals surface area contributed by atoms with Gasteiger partial charge in [0.05, 0.1) is 23.2 Å². The fourth-order valence-electron chi connectivity index (χ4n) is 1.94. The summed E-state index contributed by atoms with van der Waals surface area (Å²) in [5.74, 6) is -2.33. The maximum absolute atomic E-state index is 13.7. The number of aliphatic hydroxyl groups excluding tert-OH is 1. The molecule has 0 saturated heterocycles. The lowest BCUT2D eigenvalue weighted by molar-refractivity contribution is -0.385. The van der Waals surface area contributed by atoms with Crippen molar-refractivity contribution in [2.75, 3.05) is 0 Å². The third kappa shape index (κ3) is 3.86. The second kappa shape index (κ2) is 6.93. The van der Waals surface area contributed by atoms with Crippen LogP contribution >= 0.6 is 0 Å². The van der Waals surface area contributed by atoms with E-state index in [2.05, 4.69) is 5.32 Å². The minimum atomic E-state index is -1.01. The molecule has 2 aromatic rings. The highest BCUT2D eigenvalue weighted by Crippen LogP contribution is 2.17. The van der Waals surface area contributed by atoms with Gasteiger partial charge < -0.3 is 10.4 Å². The van der Waals surface area contributed by atoms with E-state index in [4.69, 9.17) is 5.11 Å². The van der Waals surface area contributed by atoms with Gasteiger partial charge in [-0.05, 0) is 23.8 Å². The van der Waals surface area contributed by atoms with Gasteiger partial charge in [0, 0.05) is 18.2 Å². The van der Waals surface area contributed by atoms with Crippen molar-refractivity contribution in [3.8, 4) is 0 Å². The average molecular weight is 322 g/mol. The number of halogens is 2. The van der Waals surface area contributed by atoms with Crippen molar-refractivity contribution in [1.29, 1.82) is 0 Å². The summed E-state index contributed by atoms with van der Waals surface area (Å²) in [6.07, 6.45) is 0. The molecule has 120 valence electrons. The fraction of sp³-hybridized carbons (Fsp3) is 0.133. The van der Waals surface area contributed by atoms with E-state index in [0.717, 1.165) is 18.2 Å². The molecular formula is C15H12F2N2O4. The normalized spacial score (nSPS) is 10.4. The van der Waals surface area contributed by atoms with Crippen molar-refractivity contribution in [3.05, 3.63) is 74.8 Å². The summed E-state index contributed by atoms with van der Waals surface area (Å²) in [5, 5.41) is 21.9. The van der Waals surface area contributed by atoms with Gasteiger partial charge in [-0.2, -0.15) is 0 Å². The molecule has 0 heterocycles. The molecular weight excluding hydrogens is 310 g/mol. The molecule has 0 aliphatic carbocycles. The largest absolute Gasteiger partial charge is 0.392 e. The number of aliphatic hydroxyl groups is 1. The monoisotopic (exact) mass is 322 g/mol. The highest BCUT2D eigenvalue weighted by atomic mass is 19.1. The van der Waals surface area contributed by atoms with Gasteiger partial charge in [0.15, 0.2) is 0 Å². The van der Waals surface area contributed by atoms with Gasteiger partial charge in [-0.1, -0.05) is 6.07 Å². The second-order valence-electron chi connectivity index (χ2n) is 4.69. The Morgan fingerprint density at radius 3 is 2.52 bits per heavy atom. The van der Waals surface area contributed by atoms with Crippen LogP contribution in [-0.4, -0.2) is 15.9 Å². The van der Waals surface area contributed by atoms with Gasteiger partial charge in [0.25, 0.3) is 11.6 Å². The number of hydrogen-bond donors (Lipinski definition) is 2. The van der Waals surface area contributed by atoms with Gasteiger partial charge in [-0.3, -0.25) is 14.9 Å². The van der Waals surface area contributed by atoms with Crippen LogP contribution in [0.2, 0.25) is 0 Å². The highest BCUT2D eigenvalue weighted by molar-refractivity contribution is 5.94. The minimum absolute atomic E-state index is 0.0114. The molecule has 0 bridgehead atoms. The first-order chi connectivity index (χ1) is 10.9. The van der Waals surface area contributed by atoms with E-state index in [0.29, 0.717) is 11.6 Å². The zero-order valence-electron chi connectivity index (χ0n) is 11.8. The summed E-state index contributed by atoms with van der Waals surface area (Å²) in [4.78, 5) is 21.7. The third-order valence-electron chi connectivity index (χ3n) is 3.14. The quantitative estimate of drug-likeness (QED) is 0.652. The Labute approximate surface area is 129 Å². The summed E-state index contributed by atoms with van der Waals surface area (Å²) in [6.45, 7) is -0.493. The molecule has 0 aliphatic heterocycles. The number of nitrogens with zero attached hydrogens (tertiary/aromatic N) is 1. The number of amides is 1. The number of carbonyl (C=O) groups excluding carboxylic acids is 1. The molecule has 2 rings (SSSR count). The van der Waals surface area contributed by atoms with E-state index in [9.17, 15) is 23.7 Å². The number of nitro groups is 1. The molecule has 6 nitrogen and oxygen atoms in total. The predicted octanol–water partition coefficient (Wildman–Crippen LogP) is 2.30. The number of rotatable bonds is 5. The Bertz CT molecular complexity index is 765. The maximum atomic E-state index is 13.7. The van der Waals surface area contributed by atoms with Crippen molar-refractivity contribution < 1.29 is 23.6 Å². The van der Waals surface area contributed by atoms with Crippen LogP contribution in [0.4, 0.5) is 14.5 Å². The summed E-state index contributed by atoms with van der Waals surface area (Å²) >= 11 is 0. The molecule has 0 fully saturated rings. The number of nitro benzene ring substituents is 1. The number of benzene rings is 2. The second-order valence-corrected chi connectivity index (χ2v) is 4.69. The smallest absolute Gasteiger partial charge is 0.272 e. The van der Waals surface area contributed by atoms with Crippen LogP contribution in [0.15, 0.2) is 36.4 Å². The van der Waals surface area contributed by atoms with E-state index in [-0.39, 0.29) is 17.7 Å². The van der Waals surface area contributed by atoms with Crippen molar-refractivity contribution in [2.24, 2.45) is 0 Å². The van der Waals surface area contributed by atoms with E-state index >= 15 is 0 Å². The molecule has 23 heavy (non-hydrogen) atoms. The summed E-state index contributed by atoms with van der Waals surface area (Å²) in [7, 11) is 0. The van der Waals surface area contributed by atoms with E-state index in [1.165, 1.54) is 12.1 Å². The first kappa shape index (κ1) is 16.5. The SMILES string of the molecule is O=C(NCc1ccc(F)c(CO)c1)c1ccc([N+](=O)[O-])cc1F. The molecule has 0 saturated carbocycles. The third-order valence-corrected chi connectivity index (χ3v) is 3.14. The molecule has 0 spiro atoms. The van der Waals surface area contributed by atoms with E-state index < -0.39 is 34.8 Å². The molecule has 2 N–H and O–H groups in total. The van der Waals surface area contributed by atoms with Crippen molar-refractivity contribution in [2.45, 2.75) is 13.2 Å². The minimum Gasteiger partial charge on any atom is -0.392 e. The van der Waals surface area contributed by atoms with Gasteiger partial charge in [0.2, 0.25) is 0 Å². The number of non-ortho nitro benzene ring substituents is 1. The Kier molecular flexibility index (Phi) is 4.97. The van der Waals surface area contributed by atoms with E-state index in [1.807, 2.05) is 0 Å². The topological polar surface area (TPSA) is 92.5 Å². The summed E-state index contributed by atoms with van der Waals surface area (Å²) in [5.41, 5.74) is -0.186. The number of hydrogen-bond acceptors (Lipinski definition) is 4. The summed E-state index contributed by atoms with van der Waals surface area (Å²) < 4.78 is 26.9. The average Bonchev–Trinajstić information content (AvgIpc) is 2.53. The van der Waals surface area contributed by atoms with Crippen molar-refractivity contribution in [1.82, 2.24) is 5.32 Å². The number of carbonyl (C=O) groups is 1. The Hall–Kier alpha value is -2.87. The molecule has 2 aromatic carbocycles. The molecule has 0 aromatic heterocycles. The van der Waals surface area contributed by atoms with E-state index in [1.54, 1.807) is 0 Å². The van der Waals surface area contributed by atoms with Crippen LogP contribution in [0.25, 0.3) is 0 Å². The van der Waals surface area contributed by atoms with Crippen molar-refractivity contribution >= 4 is 11.6 Å². The van der Waals surface area contributed by atoms with Crippen LogP contribution in [0, 0.1) is 21.7 Å². The standard InChI is InChI=1S/C15H12F2N2O4/c16-13-4-1-9(5-10(13)8-20)7-18-15(21)12-3-2-11(19(22)23)6-14(12)17/h1-6,20H,7-8H2,(H,18,21). The van der Waals surface area contributed by atoms with Crippen LogP contribution < -0.4 is 5.32 Å². The molecule has 0 unspecified atom stereocenters. The molecule has 0 atom stereocenters. The number of nitrogens with one attached hydrogen (secondary N) is 1.